The summed E-state index contributed by atoms with van der Waals surface area (Å²) >= 11 is 7.45. The van der Waals surface area contributed by atoms with Crippen molar-refractivity contribution in [1.29, 1.82) is 0 Å². The Morgan fingerprint density at radius 2 is 2.00 bits per heavy atom. The van der Waals surface area contributed by atoms with Gasteiger partial charge in [0, 0.05) is 10.7 Å². The van der Waals surface area contributed by atoms with Crippen LogP contribution in [0.2, 0.25) is 5.02 Å². The molecule has 8 heteroatoms. The van der Waals surface area contributed by atoms with Crippen LogP contribution in [0, 0.1) is 0 Å². The highest BCUT2D eigenvalue weighted by molar-refractivity contribution is 8.13. The third kappa shape index (κ3) is 2.92. The van der Waals surface area contributed by atoms with Crippen molar-refractivity contribution in [3.8, 4) is 0 Å². The molecule has 3 nitrogen and oxygen atoms in total. The largest absolute Gasteiger partial charge is 0.416 e. The van der Waals surface area contributed by atoms with Crippen LogP contribution in [0.25, 0.3) is 0 Å². The first-order chi connectivity index (χ1) is 13.3. The Morgan fingerprint density at radius 3 is 2.71 bits per heavy atom. The number of benzene rings is 2. The lowest BCUT2D eigenvalue weighted by atomic mass is 9.68. The lowest BCUT2D eigenvalue weighted by molar-refractivity contribution is -0.139. The molecule has 4 rings (SSSR count). The quantitative estimate of drug-likeness (QED) is 0.624. The molecule has 1 spiro atoms. The summed E-state index contributed by atoms with van der Waals surface area (Å²) in [7, 11) is 0. The third-order valence-electron chi connectivity index (χ3n) is 5.39. The zero-order valence-corrected chi connectivity index (χ0v) is 16.4. The summed E-state index contributed by atoms with van der Waals surface area (Å²) in [6.45, 7) is 0. The minimum atomic E-state index is -4.54. The molecule has 0 saturated heterocycles. The van der Waals surface area contributed by atoms with Crippen LogP contribution in [0.5, 0.6) is 0 Å². The highest BCUT2D eigenvalue weighted by Crippen LogP contribution is 2.55. The van der Waals surface area contributed by atoms with Gasteiger partial charge in [-0.1, -0.05) is 35.9 Å². The monoisotopic (exact) mass is 424 g/mol. The van der Waals surface area contributed by atoms with Gasteiger partial charge in [-0.05, 0) is 48.4 Å². The van der Waals surface area contributed by atoms with Gasteiger partial charge in [0.15, 0.2) is 0 Å². The van der Waals surface area contributed by atoms with Crippen molar-refractivity contribution in [1.82, 2.24) is 0 Å². The predicted octanol–water partition coefficient (Wildman–Crippen LogP) is 5.85. The summed E-state index contributed by atoms with van der Waals surface area (Å²) in [5, 5.41) is 4.00. The maximum atomic E-state index is 13.7. The number of carbonyl (C=O) groups excluding carboxylic acids is 1. The Labute approximate surface area is 169 Å². The van der Waals surface area contributed by atoms with Crippen molar-refractivity contribution in [3.63, 3.8) is 0 Å². The molecule has 0 fully saturated rings. The number of aliphatic imine (C=N–C) groups is 1. The molecule has 1 amide bonds. The molecule has 1 N–H and O–H groups in total. The number of carbonyl (C=O) groups is 1. The second kappa shape index (κ2) is 6.81. The topological polar surface area (TPSA) is 41.5 Å². The number of hydrogen-bond donors (Lipinski definition) is 1. The molecule has 28 heavy (non-hydrogen) atoms. The number of nitrogens with zero attached hydrogens (tertiary/aromatic N) is 1. The smallest absolute Gasteiger partial charge is 0.325 e. The van der Waals surface area contributed by atoms with Crippen LogP contribution < -0.4 is 5.32 Å². The maximum absolute atomic E-state index is 13.7. The van der Waals surface area contributed by atoms with Gasteiger partial charge in [0.05, 0.1) is 16.6 Å². The molecule has 2 atom stereocenters. The predicted molar refractivity (Wildman–Crippen MR) is 106 cm³/mol. The second-order valence-electron chi connectivity index (χ2n) is 6.83. The number of fused-ring (bicyclic) bond motifs is 2. The van der Waals surface area contributed by atoms with E-state index in [1.54, 1.807) is 24.3 Å². The molecule has 2 heterocycles. The highest BCUT2D eigenvalue weighted by atomic mass is 35.5. The van der Waals surface area contributed by atoms with Crippen LogP contribution in [0.4, 0.5) is 18.9 Å². The summed E-state index contributed by atoms with van der Waals surface area (Å²) in [6.07, 6.45) is -1.79. The van der Waals surface area contributed by atoms with Crippen molar-refractivity contribution in [2.45, 2.75) is 30.5 Å². The normalized spacial score (nSPS) is 24.1. The van der Waals surface area contributed by atoms with E-state index in [9.17, 15) is 18.0 Å². The van der Waals surface area contributed by atoms with Gasteiger partial charge in [0.2, 0.25) is 5.91 Å². The van der Waals surface area contributed by atoms with Crippen LogP contribution in [-0.2, 0) is 16.4 Å². The van der Waals surface area contributed by atoms with Gasteiger partial charge in [-0.2, -0.15) is 13.2 Å². The van der Waals surface area contributed by atoms with Gasteiger partial charge in [-0.15, -0.1) is 11.8 Å². The number of halogens is 4. The molecule has 0 saturated carbocycles. The van der Waals surface area contributed by atoms with Gasteiger partial charge >= 0.3 is 6.18 Å². The van der Waals surface area contributed by atoms with Gasteiger partial charge < -0.3 is 5.32 Å². The minimum Gasteiger partial charge on any atom is -0.325 e. The van der Waals surface area contributed by atoms with Crippen molar-refractivity contribution in [3.05, 3.63) is 64.2 Å². The molecular weight excluding hydrogens is 409 g/mol. The number of hydrogen-bond acceptors (Lipinski definition) is 3. The first-order valence-electron chi connectivity index (χ1n) is 8.65. The van der Waals surface area contributed by atoms with Crippen molar-refractivity contribution in [2.75, 3.05) is 11.6 Å². The Morgan fingerprint density at radius 1 is 1.25 bits per heavy atom. The fraction of sp³-hybridized carbons (Fsp3) is 0.300. The van der Waals surface area contributed by atoms with Crippen LogP contribution in [0.1, 0.15) is 35.6 Å². The lowest BCUT2D eigenvalue weighted by Crippen LogP contribution is -2.43. The standard InChI is InChI=1S/C20H16ClF3N2OS/c1-28-16-8-9-19(14-7-6-11(21)10-15(14)25-18(19)27)17(26-16)12-4-2-3-5-13(12)20(22,23)24/h2-7,10,17H,8-9H2,1H3,(H,25,27)/t17-,19-/m1/s1. The Hall–Kier alpha value is -1.99. The first kappa shape index (κ1) is 19.3. The third-order valence-corrected chi connectivity index (χ3v) is 6.40. The van der Waals surface area contributed by atoms with E-state index in [2.05, 4.69) is 10.3 Å². The number of nitrogens with one attached hydrogen (secondary N) is 1. The van der Waals surface area contributed by atoms with E-state index < -0.39 is 23.2 Å². The molecule has 0 aromatic heterocycles. The fourth-order valence-electron chi connectivity index (χ4n) is 4.13. The number of anilines is 1. The first-order valence-corrected chi connectivity index (χ1v) is 10.3. The van der Waals surface area contributed by atoms with E-state index in [-0.39, 0.29) is 11.5 Å². The molecule has 2 aliphatic heterocycles. The lowest BCUT2D eigenvalue weighted by Gasteiger charge is -2.38. The zero-order valence-electron chi connectivity index (χ0n) is 14.8. The molecule has 146 valence electrons. The molecule has 0 aliphatic carbocycles. The number of rotatable bonds is 1. The fourth-order valence-corrected chi connectivity index (χ4v) is 4.82. The van der Waals surface area contributed by atoms with Gasteiger partial charge in [0.25, 0.3) is 0 Å². The van der Waals surface area contributed by atoms with Crippen LogP contribution in [0.15, 0.2) is 47.5 Å². The van der Waals surface area contributed by atoms with Gasteiger partial charge in [0.1, 0.15) is 5.41 Å². The molecular formula is C20H16ClF3N2OS. The maximum Gasteiger partial charge on any atom is 0.416 e. The van der Waals surface area contributed by atoms with Crippen LogP contribution in [-0.4, -0.2) is 17.2 Å². The second-order valence-corrected chi connectivity index (χ2v) is 8.15. The van der Waals surface area contributed by atoms with E-state index in [1.807, 2.05) is 6.26 Å². The summed E-state index contributed by atoms with van der Waals surface area (Å²) in [5.74, 6) is -0.337. The van der Waals surface area contributed by atoms with Gasteiger partial charge in [-0.25, -0.2) is 0 Å². The molecule has 0 bridgehead atoms. The van der Waals surface area contributed by atoms with Gasteiger partial charge in [-0.3, -0.25) is 9.79 Å². The van der Waals surface area contributed by atoms with E-state index in [0.717, 1.165) is 11.1 Å². The molecule has 0 unspecified atom stereocenters. The summed E-state index contributed by atoms with van der Waals surface area (Å²) in [4.78, 5) is 17.8. The highest BCUT2D eigenvalue weighted by Gasteiger charge is 2.55. The Balaban J connectivity index is 1.98. The summed E-state index contributed by atoms with van der Waals surface area (Å²) in [5.41, 5.74) is -0.761. The molecule has 0 radical (unpaired) electrons. The van der Waals surface area contributed by atoms with Crippen LogP contribution in [0.3, 0.4) is 0 Å². The zero-order chi connectivity index (χ0) is 20.1. The summed E-state index contributed by atoms with van der Waals surface area (Å²) in [6, 6.07) is 9.40. The number of thioether (sulfide) groups is 1. The van der Waals surface area contributed by atoms with Crippen LogP contribution >= 0.6 is 23.4 Å². The van der Waals surface area contributed by atoms with E-state index in [1.165, 1.54) is 23.9 Å². The van der Waals surface area contributed by atoms with E-state index in [0.29, 0.717) is 29.1 Å². The Bertz CT molecular complexity index is 992. The van der Waals surface area contributed by atoms with Crippen molar-refractivity contribution in [2.24, 2.45) is 4.99 Å². The molecule has 2 aromatic carbocycles. The molecule has 2 aliphatic rings. The van der Waals surface area contributed by atoms with Crippen molar-refractivity contribution < 1.29 is 18.0 Å². The minimum absolute atomic E-state index is 0.0131. The number of amides is 1. The average molecular weight is 425 g/mol. The van der Waals surface area contributed by atoms with Crippen molar-refractivity contribution >= 4 is 40.0 Å². The number of alkyl halides is 3. The van der Waals surface area contributed by atoms with E-state index in [4.69, 9.17) is 11.6 Å². The van der Waals surface area contributed by atoms with E-state index >= 15 is 0 Å². The SMILES string of the molecule is CSC1=N[C@H](c2ccccc2C(F)(F)F)[C@]2(CC1)C(=O)Nc1cc(Cl)ccc12. The summed E-state index contributed by atoms with van der Waals surface area (Å²) < 4.78 is 41.2. The molecule has 2 aromatic rings. The Kier molecular flexibility index (Phi) is 4.70. The average Bonchev–Trinajstić information content (AvgIpc) is 2.93.